The van der Waals surface area contributed by atoms with Crippen molar-refractivity contribution in [2.75, 3.05) is 18.7 Å². The smallest absolute Gasteiger partial charge is 0.161 e. The van der Waals surface area contributed by atoms with Crippen LogP contribution in [0.25, 0.3) is 11.1 Å². The minimum absolute atomic E-state index is 0.443. The molecule has 0 radical (unpaired) electrons. The fraction of sp³-hybridized carbons (Fsp3) is 0.235. The van der Waals surface area contributed by atoms with Gasteiger partial charge in [-0.05, 0) is 28.8 Å². The normalized spacial score (nSPS) is 14.2. The van der Waals surface area contributed by atoms with Crippen molar-refractivity contribution in [3.63, 3.8) is 0 Å². The van der Waals surface area contributed by atoms with Crippen molar-refractivity contribution in [3.8, 4) is 22.9 Å². The minimum atomic E-state index is -0.443. The molecule has 2 aromatic rings. The Bertz CT molecular complexity index is 688. The lowest BCUT2D eigenvalue weighted by atomic mass is 10.0. The summed E-state index contributed by atoms with van der Waals surface area (Å²) in [5.74, 6) is 0.929. The molecule has 3 rings (SSSR count). The first kappa shape index (κ1) is 13.5. The van der Waals surface area contributed by atoms with Crippen LogP contribution >= 0.6 is 0 Å². The third kappa shape index (κ3) is 2.69. The molecule has 1 aliphatic rings. The number of nitrogens with two attached hydrogens (primary N) is 1. The monoisotopic (exact) mass is 279 g/mol. The van der Waals surface area contributed by atoms with E-state index in [9.17, 15) is 0 Å². The summed E-state index contributed by atoms with van der Waals surface area (Å²) in [5.41, 5.74) is 10.1. The van der Waals surface area contributed by atoms with E-state index in [1.807, 2.05) is 25.2 Å². The number of nitrogens with zero attached hydrogens (tertiary/aromatic N) is 2. The fourth-order valence-corrected chi connectivity index (χ4v) is 2.49. The lowest BCUT2D eigenvalue weighted by Crippen LogP contribution is -2.19. The van der Waals surface area contributed by atoms with Crippen LogP contribution < -0.4 is 15.4 Å². The molecule has 1 unspecified atom stereocenters. The van der Waals surface area contributed by atoms with Crippen molar-refractivity contribution in [2.45, 2.75) is 12.5 Å². The molecule has 106 valence electrons. The highest BCUT2D eigenvalue weighted by atomic mass is 16.5. The number of benzene rings is 2. The highest BCUT2D eigenvalue weighted by molar-refractivity contribution is 5.73. The Hall–Kier alpha value is -2.51. The summed E-state index contributed by atoms with van der Waals surface area (Å²) in [6.45, 7) is 0.601. The van der Waals surface area contributed by atoms with Gasteiger partial charge in [0.05, 0.1) is 17.8 Å². The Morgan fingerprint density at radius 1 is 1.24 bits per heavy atom. The largest absolute Gasteiger partial charge is 0.471 e. The first-order valence-corrected chi connectivity index (χ1v) is 6.90. The Kier molecular flexibility index (Phi) is 3.51. The van der Waals surface area contributed by atoms with Gasteiger partial charge in [0.1, 0.15) is 5.75 Å². The van der Waals surface area contributed by atoms with Crippen molar-refractivity contribution in [1.29, 1.82) is 5.26 Å². The number of hydrogen-bond acceptors (Lipinski definition) is 4. The van der Waals surface area contributed by atoms with Crippen molar-refractivity contribution in [1.82, 2.24) is 0 Å². The van der Waals surface area contributed by atoms with Gasteiger partial charge in [0.15, 0.2) is 6.73 Å². The first-order chi connectivity index (χ1) is 10.2. The summed E-state index contributed by atoms with van der Waals surface area (Å²) in [6, 6.07) is 16.0. The summed E-state index contributed by atoms with van der Waals surface area (Å²) in [7, 11) is 2.02. The molecular weight excluding hydrogens is 262 g/mol. The maximum atomic E-state index is 8.75. The third-order valence-corrected chi connectivity index (χ3v) is 3.69. The average molecular weight is 279 g/mol. The van der Waals surface area contributed by atoms with Gasteiger partial charge in [-0.1, -0.05) is 30.3 Å². The number of rotatable bonds is 3. The summed E-state index contributed by atoms with van der Waals surface area (Å²) in [4.78, 5) is 2.08. The molecule has 2 N–H and O–H groups in total. The molecule has 0 saturated carbocycles. The van der Waals surface area contributed by atoms with Crippen LogP contribution in [0, 0.1) is 11.3 Å². The molecule has 1 atom stereocenters. The molecular formula is C17H17N3O. The van der Waals surface area contributed by atoms with Crippen molar-refractivity contribution >= 4 is 5.69 Å². The van der Waals surface area contributed by atoms with Crippen LogP contribution in [-0.4, -0.2) is 19.8 Å². The highest BCUT2D eigenvalue weighted by Crippen LogP contribution is 2.36. The number of fused-ring (bicyclic) bond motifs is 1. The Morgan fingerprint density at radius 3 is 2.67 bits per heavy atom. The maximum Gasteiger partial charge on any atom is 0.161 e. The van der Waals surface area contributed by atoms with E-state index in [1.54, 1.807) is 0 Å². The van der Waals surface area contributed by atoms with Crippen LogP contribution in [0.1, 0.15) is 5.56 Å². The molecule has 4 nitrogen and oxygen atoms in total. The van der Waals surface area contributed by atoms with Crippen LogP contribution in [0.3, 0.4) is 0 Å². The second-order valence-electron chi connectivity index (χ2n) is 5.29. The van der Waals surface area contributed by atoms with Crippen LogP contribution in [0.5, 0.6) is 5.75 Å². The second kappa shape index (κ2) is 5.47. The fourth-order valence-electron chi connectivity index (χ4n) is 2.49. The zero-order chi connectivity index (χ0) is 14.8. The number of nitriles is 1. The van der Waals surface area contributed by atoms with E-state index < -0.39 is 6.04 Å². The molecule has 21 heavy (non-hydrogen) atoms. The Labute approximate surface area is 124 Å². The summed E-state index contributed by atoms with van der Waals surface area (Å²) < 4.78 is 5.56. The van der Waals surface area contributed by atoms with Crippen LogP contribution in [-0.2, 0) is 6.42 Å². The molecule has 1 heterocycles. The quantitative estimate of drug-likeness (QED) is 0.937. The standard InChI is InChI=1S/C17H17N3O/c1-20-11-21-17-7-6-14(9-16(17)20)13-4-2-12(3-5-13)8-15(19)10-18/h2-7,9,15H,8,11,19H2,1H3. The van der Waals surface area contributed by atoms with E-state index >= 15 is 0 Å². The van der Waals surface area contributed by atoms with E-state index in [0.717, 1.165) is 28.1 Å². The molecule has 0 aromatic heterocycles. The highest BCUT2D eigenvalue weighted by Gasteiger charge is 2.17. The zero-order valence-corrected chi connectivity index (χ0v) is 11.9. The minimum Gasteiger partial charge on any atom is -0.471 e. The molecule has 0 amide bonds. The van der Waals surface area contributed by atoms with E-state index in [1.165, 1.54) is 0 Å². The number of ether oxygens (including phenoxy) is 1. The SMILES string of the molecule is CN1COc2ccc(-c3ccc(CC(N)C#N)cc3)cc21. The number of hydrogen-bond donors (Lipinski definition) is 1. The molecule has 2 aromatic carbocycles. The number of anilines is 1. The van der Waals surface area contributed by atoms with Crippen molar-refractivity contribution in [2.24, 2.45) is 5.73 Å². The lowest BCUT2D eigenvalue weighted by Gasteiger charge is -2.10. The van der Waals surface area contributed by atoms with Gasteiger partial charge in [-0.2, -0.15) is 5.26 Å². The van der Waals surface area contributed by atoms with Gasteiger partial charge in [-0.15, -0.1) is 0 Å². The molecule has 1 aliphatic heterocycles. The predicted molar refractivity (Wildman–Crippen MR) is 83.1 cm³/mol. The molecule has 0 aliphatic carbocycles. The zero-order valence-electron chi connectivity index (χ0n) is 11.9. The van der Waals surface area contributed by atoms with Gasteiger partial charge < -0.3 is 15.4 Å². The summed E-state index contributed by atoms with van der Waals surface area (Å²) >= 11 is 0. The van der Waals surface area contributed by atoms with Gasteiger partial charge >= 0.3 is 0 Å². The van der Waals surface area contributed by atoms with E-state index in [0.29, 0.717) is 13.2 Å². The van der Waals surface area contributed by atoms with Gasteiger partial charge in [0, 0.05) is 13.5 Å². The first-order valence-electron chi connectivity index (χ1n) is 6.90. The molecule has 0 spiro atoms. The van der Waals surface area contributed by atoms with Crippen LogP contribution in [0.4, 0.5) is 5.69 Å². The molecule has 0 saturated heterocycles. The lowest BCUT2D eigenvalue weighted by molar-refractivity contribution is 0.353. The molecule has 0 bridgehead atoms. The van der Waals surface area contributed by atoms with Gasteiger partial charge in [-0.25, -0.2) is 0 Å². The predicted octanol–water partition coefficient (Wildman–Crippen LogP) is 2.53. The maximum absolute atomic E-state index is 8.75. The van der Waals surface area contributed by atoms with E-state index in [4.69, 9.17) is 15.7 Å². The summed E-state index contributed by atoms with van der Waals surface area (Å²) in [5, 5.41) is 8.75. The van der Waals surface area contributed by atoms with E-state index in [2.05, 4.69) is 35.2 Å². The van der Waals surface area contributed by atoms with Gasteiger partial charge in [0.2, 0.25) is 0 Å². The third-order valence-electron chi connectivity index (χ3n) is 3.69. The summed E-state index contributed by atoms with van der Waals surface area (Å²) in [6.07, 6.45) is 0.581. The van der Waals surface area contributed by atoms with Gasteiger partial charge in [-0.3, -0.25) is 0 Å². The van der Waals surface area contributed by atoms with Crippen molar-refractivity contribution in [3.05, 3.63) is 48.0 Å². The molecule has 0 fully saturated rings. The topological polar surface area (TPSA) is 62.3 Å². The van der Waals surface area contributed by atoms with E-state index in [-0.39, 0.29) is 0 Å². The Balaban J connectivity index is 1.85. The molecule has 4 heteroatoms. The average Bonchev–Trinajstić information content (AvgIpc) is 2.89. The van der Waals surface area contributed by atoms with Crippen LogP contribution in [0.15, 0.2) is 42.5 Å². The second-order valence-corrected chi connectivity index (χ2v) is 5.29. The van der Waals surface area contributed by atoms with Gasteiger partial charge in [0.25, 0.3) is 0 Å². The van der Waals surface area contributed by atoms with Crippen molar-refractivity contribution < 1.29 is 4.74 Å². The van der Waals surface area contributed by atoms with Crippen LogP contribution in [0.2, 0.25) is 0 Å². The Morgan fingerprint density at radius 2 is 1.95 bits per heavy atom.